The van der Waals surface area contributed by atoms with Gasteiger partial charge in [0.1, 0.15) is 6.61 Å². The monoisotopic (exact) mass is 262 g/mol. The van der Waals surface area contributed by atoms with Gasteiger partial charge in [-0.25, -0.2) is 4.84 Å². The number of halogens is 1. The van der Waals surface area contributed by atoms with Gasteiger partial charge >= 0.3 is 5.97 Å². The number of hydrogen-bond donors (Lipinski definition) is 1. The average Bonchev–Trinajstić information content (AvgIpc) is 2.30. The zero-order chi connectivity index (χ0) is 12.7. The first-order chi connectivity index (χ1) is 8.03. The molecule has 100 valence electrons. The predicted molar refractivity (Wildman–Crippen MR) is 68.9 cm³/mol. The van der Waals surface area contributed by atoms with Crippen LogP contribution >= 0.6 is 11.8 Å². The molecule has 0 amide bonds. The van der Waals surface area contributed by atoms with E-state index in [2.05, 4.69) is 9.74 Å². The van der Waals surface area contributed by atoms with Crippen molar-refractivity contribution in [3.8, 4) is 0 Å². The molecule has 1 aliphatic heterocycles. The van der Waals surface area contributed by atoms with Gasteiger partial charge in [-0.3, -0.25) is 9.69 Å². The van der Waals surface area contributed by atoms with Crippen LogP contribution in [0.3, 0.4) is 0 Å². The molecule has 0 radical (unpaired) electrons. The topological polar surface area (TPSA) is 41.6 Å². The molecule has 1 N–H and O–H groups in total. The molecule has 5 heteroatoms. The minimum absolute atomic E-state index is 0.194. The van der Waals surface area contributed by atoms with Gasteiger partial charge in [-0.05, 0) is 51.6 Å². The van der Waals surface area contributed by atoms with Crippen LogP contribution in [0.25, 0.3) is 0 Å². The molecule has 0 aromatic heterocycles. The van der Waals surface area contributed by atoms with Crippen LogP contribution in [-0.4, -0.2) is 42.6 Å². The molecule has 0 unspecified atom stereocenters. The van der Waals surface area contributed by atoms with Crippen LogP contribution in [-0.2, 0) is 9.53 Å². The zero-order valence-corrected chi connectivity index (χ0v) is 11.6. The van der Waals surface area contributed by atoms with E-state index in [9.17, 15) is 4.79 Å². The normalized spacial score (nSPS) is 18.1. The first kappa shape index (κ1) is 14.7. The Balaban J connectivity index is 2.11. The number of carbonyl (C=O) groups excluding carboxylic acids is 1. The van der Waals surface area contributed by atoms with E-state index >= 15 is 0 Å². The lowest BCUT2D eigenvalue weighted by atomic mass is 10.0. The van der Waals surface area contributed by atoms with Gasteiger partial charge in [-0.2, -0.15) is 0 Å². The van der Waals surface area contributed by atoms with Crippen LogP contribution in [0.4, 0.5) is 0 Å². The van der Waals surface area contributed by atoms with Crippen LogP contribution in [0.1, 0.15) is 39.5 Å². The predicted octanol–water partition coefficient (Wildman–Crippen LogP) is 1.93. The minimum atomic E-state index is -0.413. The third kappa shape index (κ3) is 6.24. The first-order valence-corrected chi connectivity index (χ1v) is 6.67. The highest BCUT2D eigenvalue weighted by atomic mass is 35.5. The van der Waals surface area contributed by atoms with Crippen LogP contribution in [0.15, 0.2) is 0 Å². The summed E-state index contributed by atoms with van der Waals surface area (Å²) in [6.07, 6.45) is 4.14. The van der Waals surface area contributed by atoms with E-state index in [1.807, 2.05) is 13.8 Å². The van der Waals surface area contributed by atoms with Gasteiger partial charge < -0.3 is 4.74 Å². The van der Waals surface area contributed by atoms with Gasteiger partial charge in [-0.1, -0.05) is 6.42 Å². The van der Waals surface area contributed by atoms with Crippen molar-refractivity contribution in [1.29, 1.82) is 0 Å². The number of nitrogens with one attached hydrogen (secondary N) is 1. The molecule has 0 saturated carbocycles. The Hall–Kier alpha value is -0.320. The lowest BCUT2D eigenvalue weighted by molar-refractivity contribution is -0.145. The zero-order valence-electron chi connectivity index (χ0n) is 10.8. The highest BCUT2D eigenvalue weighted by molar-refractivity contribution is 6.14. The quantitative estimate of drug-likeness (QED) is 0.587. The lowest BCUT2D eigenvalue weighted by Gasteiger charge is -2.26. The third-order valence-electron chi connectivity index (χ3n) is 2.96. The van der Waals surface area contributed by atoms with Crippen molar-refractivity contribution >= 4 is 17.7 Å². The fourth-order valence-electron chi connectivity index (χ4n) is 1.92. The Morgan fingerprint density at radius 2 is 2.00 bits per heavy atom. The molecule has 0 bridgehead atoms. The van der Waals surface area contributed by atoms with Crippen molar-refractivity contribution in [1.82, 2.24) is 9.74 Å². The SMILES string of the molecule is CC(C)(CC(=O)OCCN1CCCCC1)NCl. The molecule has 0 spiro atoms. The highest BCUT2D eigenvalue weighted by Gasteiger charge is 2.21. The summed E-state index contributed by atoms with van der Waals surface area (Å²) in [7, 11) is 0. The maximum absolute atomic E-state index is 11.5. The van der Waals surface area contributed by atoms with E-state index in [1.165, 1.54) is 19.3 Å². The maximum atomic E-state index is 11.5. The first-order valence-electron chi connectivity index (χ1n) is 6.29. The average molecular weight is 263 g/mol. The number of nitrogens with zero attached hydrogens (tertiary/aromatic N) is 1. The van der Waals surface area contributed by atoms with Gasteiger partial charge in [-0.15, -0.1) is 0 Å². The summed E-state index contributed by atoms with van der Waals surface area (Å²) < 4.78 is 5.20. The molecule has 4 nitrogen and oxygen atoms in total. The Morgan fingerprint density at radius 3 is 2.59 bits per heavy atom. The third-order valence-corrected chi connectivity index (χ3v) is 3.47. The highest BCUT2D eigenvalue weighted by Crippen LogP contribution is 2.11. The van der Waals surface area contributed by atoms with E-state index in [0.717, 1.165) is 19.6 Å². The molecule has 1 saturated heterocycles. The van der Waals surface area contributed by atoms with Gasteiger partial charge in [0.25, 0.3) is 0 Å². The van der Waals surface area contributed by atoms with Crippen molar-refractivity contribution in [3.05, 3.63) is 0 Å². The molecule has 1 rings (SSSR count). The molecule has 1 aliphatic rings. The Morgan fingerprint density at radius 1 is 1.35 bits per heavy atom. The van der Waals surface area contributed by atoms with Crippen molar-refractivity contribution in [2.75, 3.05) is 26.2 Å². The molecular weight excluding hydrogens is 240 g/mol. The molecule has 0 aliphatic carbocycles. The van der Waals surface area contributed by atoms with E-state index in [-0.39, 0.29) is 12.4 Å². The fourth-order valence-corrected chi connectivity index (χ4v) is 1.98. The molecule has 1 heterocycles. The van der Waals surface area contributed by atoms with Crippen LogP contribution in [0.2, 0.25) is 0 Å². The second-order valence-corrected chi connectivity index (χ2v) is 5.47. The van der Waals surface area contributed by atoms with Crippen LogP contribution in [0, 0.1) is 0 Å². The molecule has 17 heavy (non-hydrogen) atoms. The summed E-state index contributed by atoms with van der Waals surface area (Å²) >= 11 is 5.53. The van der Waals surface area contributed by atoms with Crippen molar-refractivity contribution in [2.24, 2.45) is 0 Å². The molecule has 0 aromatic carbocycles. The van der Waals surface area contributed by atoms with Crippen LogP contribution in [0.5, 0.6) is 0 Å². The van der Waals surface area contributed by atoms with Crippen molar-refractivity contribution in [2.45, 2.75) is 45.1 Å². The largest absolute Gasteiger partial charge is 0.464 e. The second kappa shape index (κ2) is 7.19. The van der Waals surface area contributed by atoms with Gasteiger partial charge in [0.05, 0.1) is 6.42 Å². The standard InChI is InChI=1S/C12H23ClN2O2/c1-12(2,14-13)10-11(16)17-9-8-15-6-4-3-5-7-15/h14H,3-10H2,1-2H3. The Bertz CT molecular complexity index is 241. The van der Waals surface area contributed by atoms with Crippen molar-refractivity contribution < 1.29 is 9.53 Å². The summed E-state index contributed by atoms with van der Waals surface area (Å²) in [6, 6.07) is 0. The maximum Gasteiger partial charge on any atom is 0.307 e. The molecule has 1 fully saturated rings. The fraction of sp³-hybridized carbons (Fsp3) is 0.917. The van der Waals surface area contributed by atoms with Crippen molar-refractivity contribution in [3.63, 3.8) is 0 Å². The number of ether oxygens (including phenoxy) is 1. The summed E-state index contributed by atoms with van der Waals surface area (Å²) in [5.74, 6) is -0.194. The van der Waals surface area contributed by atoms with E-state index in [0.29, 0.717) is 6.61 Å². The molecular formula is C12H23ClN2O2. The van der Waals surface area contributed by atoms with Crippen LogP contribution < -0.4 is 4.84 Å². The number of likely N-dealkylation sites (tertiary alicyclic amines) is 1. The number of carbonyl (C=O) groups is 1. The second-order valence-electron chi connectivity index (χ2n) is 5.28. The minimum Gasteiger partial charge on any atom is -0.464 e. The van der Waals surface area contributed by atoms with Gasteiger partial charge in [0.15, 0.2) is 0 Å². The number of rotatable bonds is 6. The van der Waals surface area contributed by atoms with E-state index in [4.69, 9.17) is 16.5 Å². The van der Waals surface area contributed by atoms with Gasteiger partial charge in [0.2, 0.25) is 0 Å². The Labute approximate surface area is 109 Å². The lowest BCUT2D eigenvalue weighted by Crippen LogP contribution is -2.37. The van der Waals surface area contributed by atoms with E-state index < -0.39 is 5.54 Å². The smallest absolute Gasteiger partial charge is 0.307 e. The summed E-state index contributed by atoms with van der Waals surface area (Å²) in [6.45, 7) is 7.33. The number of esters is 1. The van der Waals surface area contributed by atoms with E-state index in [1.54, 1.807) is 0 Å². The summed E-state index contributed by atoms with van der Waals surface area (Å²) in [5, 5.41) is 0. The molecule has 0 aromatic rings. The summed E-state index contributed by atoms with van der Waals surface area (Å²) in [5.41, 5.74) is -0.413. The number of hydrogen-bond acceptors (Lipinski definition) is 4. The summed E-state index contributed by atoms with van der Waals surface area (Å²) in [4.78, 5) is 16.4. The Kier molecular flexibility index (Phi) is 6.23. The number of piperidine rings is 1. The van der Waals surface area contributed by atoms with Gasteiger partial charge in [0, 0.05) is 12.1 Å². The molecule has 0 atom stereocenters.